The first-order valence-electron chi connectivity index (χ1n) is 13.5. The number of rotatable bonds is 8. The third-order valence-electron chi connectivity index (χ3n) is 6.77. The standard InChI is InChI=1S/C34H23N3S6/c1-6-20-8-12-24(38-20)29-31(26-14-10-22(40-26)16-19(3)18-35)42-34-30(25-13-9-21(7-2)39-25)32(43-33(29)34)27-15-11-23(41-27)17-28(36-4)37-5/h8-17H,6-7H2,1-3H3/b19-16-. The lowest BCUT2D eigenvalue weighted by atomic mass is 10.1. The van der Waals surface area contributed by atoms with E-state index in [1.165, 1.54) is 54.7 Å². The molecule has 6 aromatic rings. The highest BCUT2D eigenvalue weighted by atomic mass is 32.1. The van der Waals surface area contributed by atoms with Crippen LogP contribution in [-0.2, 0) is 12.8 Å². The van der Waals surface area contributed by atoms with Crippen LogP contribution in [0.2, 0.25) is 0 Å². The van der Waals surface area contributed by atoms with Gasteiger partial charge in [-0.3, -0.25) is 0 Å². The first-order chi connectivity index (χ1) is 21.0. The first-order valence-corrected chi connectivity index (χ1v) is 18.4. The second kappa shape index (κ2) is 12.6. The van der Waals surface area contributed by atoms with E-state index in [-0.39, 0.29) is 5.82 Å². The number of nitrogens with zero attached hydrogens (tertiary/aromatic N) is 3. The Labute approximate surface area is 275 Å². The van der Waals surface area contributed by atoms with Gasteiger partial charge in [-0.25, -0.2) is 0 Å². The summed E-state index contributed by atoms with van der Waals surface area (Å²) in [5.74, 6) is 0.0816. The minimum absolute atomic E-state index is 0.0816. The third kappa shape index (κ3) is 5.71. The highest BCUT2D eigenvalue weighted by Crippen LogP contribution is 2.58. The van der Waals surface area contributed by atoms with Crippen LogP contribution in [0, 0.1) is 24.5 Å². The van der Waals surface area contributed by atoms with Crippen molar-refractivity contribution >= 4 is 89.6 Å². The highest BCUT2D eigenvalue weighted by molar-refractivity contribution is 7.36. The van der Waals surface area contributed by atoms with Crippen molar-refractivity contribution in [2.45, 2.75) is 33.6 Å². The smallest absolute Gasteiger partial charge is 0.193 e. The molecule has 0 aliphatic carbocycles. The van der Waals surface area contributed by atoms with Crippen LogP contribution in [-0.4, -0.2) is 0 Å². The molecule has 0 aliphatic heterocycles. The van der Waals surface area contributed by atoms with E-state index in [0.717, 1.165) is 27.5 Å². The van der Waals surface area contributed by atoms with Gasteiger partial charge in [-0.2, -0.15) is 15.0 Å². The molecular formula is C34H23N3S6. The maximum atomic E-state index is 9.32. The van der Waals surface area contributed by atoms with Gasteiger partial charge in [0, 0.05) is 61.8 Å². The lowest BCUT2D eigenvalue weighted by Crippen LogP contribution is -1.72. The Morgan fingerprint density at radius 1 is 0.674 bits per heavy atom. The molecule has 0 bridgehead atoms. The predicted octanol–water partition coefficient (Wildman–Crippen LogP) is 13.1. The molecule has 0 saturated heterocycles. The molecule has 9 heteroatoms. The number of nitriles is 1. The number of fused-ring (bicyclic) bond motifs is 1. The summed E-state index contributed by atoms with van der Waals surface area (Å²) in [6, 6.07) is 19.7. The average Bonchev–Trinajstić information content (AvgIpc) is 3.85. The molecule has 0 unspecified atom stereocenters. The fourth-order valence-corrected chi connectivity index (χ4v) is 12.1. The predicted molar refractivity (Wildman–Crippen MR) is 192 cm³/mol. The van der Waals surface area contributed by atoms with E-state index in [9.17, 15) is 5.26 Å². The van der Waals surface area contributed by atoms with Gasteiger partial charge in [0.25, 0.3) is 0 Å². The molecular weight excluding hydrogens is 643 g/mol. The van der Waals surface area contributed by atoms with Crippen molar-refractivity contribution in [3.05, 3.63) is 102 Å². The zero-order chi connectivity index (χ0) is 30.1. The Balaban J connectivity index is 1.62. The van der Waals surface area contributed by atoms with Gasteiger partial charge < -0.3 is 0 Å². The summed E-state index contributed by atoms with van der Waals surface area (Å²) in [4.78, 5) is 18.9. The quantitative estimate of drug-likeness (QED) is 0.118. The van der Waals surface area contributed by atoms with Crippen LogP contribution in [0.3, 0.4) is 0 Å². The molecule has 0 atom stereocenters. The second-order valence-electron chi connectivity index (χ2n) is 9.58. The summed E-state index contributed by atoms with van der Waals surface area (Å²) in [6.45, 7) is 20.8. The Kier molecular flexibility index (Phi) is 8.61. The SMILES string of the molecule is [C-]#[N+]C(=Cc1ccc(-c2sc3c(-c4ccc(CC)s4)c(-c4ccc(/C=C(/C)C#N)s4)sc3c2-c2ccc(CC)s2)s1)[N+]#[C-]. The van der Waals surface area contributed by atoms with Gasteiger partial charge in [-0.05, 0) is 74.4 Å². The van der Waals surface area contributed by atoms with Gasteiger partial charge in [0.15, 0.2) is 0 Å². The van der Waals surface area contributed by atoms with E-state index in [1.807, 2.05) is 64.4 Å². The van der Waals surface area contributed by atoms with Gasteiger partial charge in [-0.15, -0.1) is 68.0 Å². The largest absolute Gasteiger partial charge is 0.520 e. The van der Waals surface area contributed by atoms with Crippen molar-refractivity contribution < 1.29 is 0 Å². The number of hydrogen-bond acceptors (Lipinski definition) is 7. The molecule has 0 radical (unpaired) electrons. The van der Waals surface area contributed by atoms with Crippen molar-refractivity contribution in [3.63, 3.8) is 0 Å². The molecule has 0 aromatic carbocycles. The topological polar surface area (TPSA) is 32.5 Å². The minimum Gasteiger partial charge on any atom is -0.193 e. The Morgan fingerprint density at radius 3 is 1.56 bits per heavy atom. The van der Waals surface area contributed by atoms with Gasteiger partial charge in [0.2, 0.25) is 0 Å². The molecule has 6 heterocycles. The summed E-state index contributed by atoms with van der Waals surface area (Å²) in [7, 11) is 0. The third-order valence-corrected chi connectivity index (χ3v) is 14.2. The molecule has 0 aliphatic rings. The van der Waals surface area contributed by atoms with Crippen LogP contribution in [0.5, 0.6) is 0 Å². The monoisotopic (exact) mass is 665 g/mol. The maximum absolute atomic E-state index is 9.32. The molecule has 0 amide bonds. The Hall–Kier alpha value is -3.59. The summed E-state index contributed by atoms with van der Waals surface area (Å²) < 4.78 is 2.60. The molecule has 0 saturated carbocycles. The molecule has 6 rings (SSSR count). The van der Waals surface area contributed by atoms with E-state index in [2.05, 4.69) is 72.1 Å². The number of allylic oxidation sites excluding steroid dienone is 1. The molecule has 3 nitrogen and oxygen atoms in total. The lowest BCUT2D eigenvalue weighted by molar-refractivity contribution is 1.19. The molecule has 43 heavy (non-hydrogen) atoms. The maximum Gasteiger partial charge on any atom is 0.520 e. The van der Waals surface area contributed by atoms with Crippen molar-refractivity contribution in [1.29, 1.82) is 5.26 Å². The summed E-state index contributed by atoms with van der Waals surface area (Å²) >= 11 is 10.8. The molecule has 210 valence electrons. The summed E-state index contributed by atoms with van der Waals surface area (Å²) in [6.07, 6.45) is 5.65. The highest BCUT2D eigenvalue weighted by Gasteiger charge is 2.27. The number of hydrogen-bond donors (Lipinski definition) is 0. The van der Waals surface area contributed by atoms with E-state index >= 15 is 0 Å². The normalized spacial score (nSPS) is 11.4. The van der Waals surface area contributed by atoms with Crippen LogP contribution < -0.4 is 0 Å². The average molecular weight is 666 g/mol. The van der Waals surface area contributed by atoms with Crippen LogP contribution >= 0.6 is 68.0 Å². The Morgan fingerprint density at radius 2 is 1.14 bits per heavy atom. The molecule has 0 fully saturated rings. The summed E-state index contributed by atoms with van der Waals surface area (Å²) in [5.41, 5.74) is 3.27. The van der Waals surface area contributed by atoms with Gasteiger partial charge in [-0.1, -0.05) is 13.8 Å². The fourth-order valence-electron chi connectivity index (χ4n) is 4.70. The fraction of sp³-hybridized carbons (Fsp3) is 0.147. The minimum atomic E-state index is 0.0816. The van der Waals surface area contributed by atoms with E-state index in [0.29, 0.717) is 5.57 Å². The van der Waals surface area contributed by atoms with Crippen LogP contribution in [0.1, 0.15) is 40.3 Å². The zero-order valence-corrected chi connectivity index (χ0v) is 28.4. The lowest BCUT2D eigenvalue weighted by Gasteiger charge is -2.02. The summed E-state index contributed by atoms with van der Waals surface area (Å²) in [5, 5.41) is 9.32. The second-order valence-corrected chi connectivity index (χ2v) is 16.2. The molecule has 6 aromatic heterocycles. The van der Waals surface area contributed by atoms with Crippen molar-refractivity contribution in [2.75, 3.05) is 0 Å². The van der Waals surface area contributed by atoms with E-state index in [4.69, 9.17) is 13.1 Å². The van der Waals surface area contributed by atoms with Crippen LogP contribution in [0.15, 0.2) is 59.9 Å². The van der Waals surface area contributed by atoms with Crippen molar-refractivity contribution in [3.8, 4) is 46.5 Å². The zero-order valence-electron chi connectivity index (χ0n) is 23.5. The number of aryl methyl sites for hydroxylation is 2. The van der Waals surface area contributed by atoms with E-state index in [1.54, 1.807) is 28.7 Å². The Bertz CT molecular complexity index is 2150. The molecule has 0 N–H and O–H groups in total. The molecule has 0 spiro atoms. The van der Waals surface area contributed by atoms with E-state index < -0.39 is 0 Å². The number of thiophene rings is 6. The van der Waals surface area contributed by atoms with Crippen molar-refractivity contribution in [1.82, 2.24) is 0 Å². The van der Waals surface area contributed by atoms with Gasteiger partial charge >= 0.3 is 5.82 Å². The first kappa shape index (κ1) is 29.5. The van der Waals surface area contributed by atoms with Crippen LogP contribution in [0.4, 0.5) is 0 Å². The van der Waals surface area contributed by atoms with Crippen molar-refractivity contribution in [2.24, 2.45) is 0 Å². The van der Waals surface area contributed by atoms with Gasteiger partial charge in [0.05, 0.1) is 25.2 Å². The van der Waals surface area contributed by atoms with Crippen LogP contribution in [0.25, 0.3) is 71.6 Å². The van der Waals surface area contributed by atoms with Gasteiger partial charge in [0.1, 0.15) is 13.1 Å².